The Kier molecular flexibility index (Phi) is 5.37. The highest BCUT2D eigenvalue weighted by atomic mass is 35.5. The lowest BCUT2D eigenvalue weighted by molar-refractivity contribution is 0.238. The van der Waals surface area contributed by atoms with Crippen molar-refractivity contribution in [3.63, 3.8) is 0 Å². The van der Waals surface area contributed by atoms with Crippen LogP contribution < -0.4 is 10.0 Å². The maximum Gasteiger partial charge on any atom is 0.243 e. The third kappa shape index (κ3) is 3.92. The van der Waals surface area contributed by atoms with Gasteiger partial charge in [0.1, 0.15) is 4.90 Å². The molecular weight excluding hydrogens is 288 g/mol. The van der Waals surface area contributed by atoms with Crippen molar-refractivity contribution in [2.45, 2.75) is 31.6 Å². The predicted octanol–water partition coefficient (Wildman–Crippen LogP) is 0.808. The summed E-state index contributed by atoms with van der Waals surface area (Å²) in [4.78, 5) is 0.231. The van der Waals surface area contributed by atoms with Gasteiger partial charge in [-0.15, -0.1) is 12.4 Å². The first kappa shape index (κ1) is 16.4. The van der Waals surface area contributed by atoms with E-state index in [0.29, 0.717) is 12.2 Å². The minimum absolute atomic E-state index is 0. The van der Waals surface area contributed by atoms with Crippen molar-refractivity contribution in [2.75, 3.05) is 19.6 Å². The van der Waals surface area contributed by atoms with E-state index in [2.05, 4.69) is 27.2 Å². The molecule has 1 saturated heterocycles. The largest absolute Gasteiger partial charge is 0.316 e. The van der Waals surface area contributed by atoms with E-state index in [-0.39, 0.29) is 22.7 Å². The molecule has 0 amide bonds. The molecule has 0 aliphatic carbocycles. The van der Waals surface area contributed by atoms with Gasteiger partial charge in [-0.25, -0.2) is 13.1 Å². The van der Waals surface area contributed by atoms with Crippen molar-refractivity contribution in [3.8, 4) is 0 Å². The molecule has 0 bridgehead atoms. The number of hydrogen-bond acceptors (Lipinski definition) is 4. The molecule has 1 aliphatic rings. The molecule has 0 radical (unpaired) electrons. The number of aromatic nitrogens is 2. The summed E-state index contributed by atoms with van der Waals surface area (Å²) in [6, 6.07) is 0. The predicted molar refractivity (Wildman–Crippen MR) is 76.0 cm³/mol. The Hall–Kier alpha value is -0.630. The first-order chi connectivity index (χ1) is 8.43. The van der Waals surface area contributed by atoms with Crippen LogP contribution in [0.5, 0.6) is 0 Å². The second-order valence-electron chi connectivity index (χ2n) is 5.27. The summed E-state index contributed by atoms with van der Waals surface area (Å²) in [6.45, 7) is 6.12. The van der Waals surface area contributed by atoms with Gasteiger partial charge in [0.05, 0.1) is 11.9 Å². The summed E-state index contributed by atoms with van der Waals surface area (Å²) in [5, 5.41) is 9.69. The van der Waals surface area contributed by atoms with Gasteiger partial charge in [0.15, 0.2) is 0 Å². The quantitative estimate of drug-likeness (QED) is 0.768. The van der Waals surface area contributed by atoms with Gasteiger partial charge < -0.3 is 5.32 Å². The molecule has 1 aliphatic heterocycles. The van der Waals surface area contributed by atoms with E-state index >= 15 is 0 Å². The first-order valence-electron chi connectivity index (χ1n) is 6.13. The number of nitrogens with zero attached hydrogens (tertiary/aromatic N) is 1. The third-order valence-electron chi connectivity index (χ3n) is 3.45. The topological polar surface area (TPSA) is 86.9 Å². The van der Waals surface area contributed by atoms with Gasteiger partial charge in [-0.2, -0.15) is 5.10 Å². The molecule has 1 atom stereocenters. The second kappa shape index (κ2) is 6.21. The molecule has 3 N–H and O–H groups in total. The lowest BCUT2D eigenvalue weighted by Gasteiger charge is -2.34. The second-order valence-corrected chi connectivity index (χ2v) is 7.01. The van der Waals surface area contributed by atoms with E-state index in [1.54, 1.807) is 6.92 Å². The van der Waals surface area contributed by atoms with Crippen LogP contribution in [-0.2, 0) is 10.0 Å². The Bertz CT molecular complexity index is 509. The summed E-state index contributed by atoms with van der Waals surface area (Å²) in [5.74, 6) is 0. The van der Waals surface area contributed by atoms with Crippen LogP contribution in [0.4, 0.5) is 0 Å². The number of aryl methyl sites for hydroxylation is 1. The number of sulfonamides is 1. The SMILES string of the molecule is Cc1[nH]ncc1S(=O)(=O)NCC1(C)CCCNC1.Cl. The van der Waals surface area contributed by atoms with Crippen LogP contribution in [0.15, 0.2) is 11.1 Å². The van der Waals surface area contributed by atoms with Gasteiger partial charge in [0, 0.05) is 13.1 Å². The minimum Gasteiger partial charge on any atom is -0.316 e. The number of hydrogen-bond donors (Lipinski definition) is 3. The molecule has 110 valence electrons. The number of aromatic amines is 1. The summed E-state index contributed by atoms with van der Waals surface area (Å²) in [5.41, 5.74) is 0.553. The summed E-state index contributed by atoms with van der Waals surface area (Å²) in [6.07, 6.45) is 3.47. The molecule has 6 nitrogen and oxygen atoms in total. The highest BCUT2D eigenvalue weighted by Crippen LogP contribution is 2.25. The van der Waals surface area contributed by atoms with Crippen molar-refractivity contribution in [3.05, 3.63) is 11.9 Å². The molecule has 2 rings (SSSR count). The van der Waals surface area contributed by atoms with Gasteiger partial charge in [-0.3, -0.25) is 5.10 Å². The van der Waals surface area contributed by atoms with E-state index in [1.807, 2.05) is 0 Å². The molecule has 1 aromatic heterocycles. The smallest absolute Gasteiger partial charge is 0.243 e. The van der Waals surface area contributed by atoms with E-state index < -0.39 is 10.0 Å². The van der Waals surface area contributed by atoms with Crippen molar-refractivity contribution < 1.29 is 8.42 Å². The molecule has 19 heavy (non-hydrogen) atoms. The Balaban J connectivity index is 0.00000180. The molecule has 0 saturated carbocycles. The first-order valence-corrected chi connectivity index (χ1v) is 7.62. The zero-order valence-corrected chi connectivity index (χ0v) is 12.8. The standard InChI is InChI=1S/C11H20N4O2S.ClH/c1-9-10(6-13-15-9)18(16,17)14-8-11(2)4-3-5-12-7-11;/h6,12,14H,3-5,7-8H2,1-2H3,(H,13,15);1H. The van der Waals surface area contributed by atoms with Gasteiger partial charge in [-0.05, 0) is 31.7 Å². The van der Waals surface area contributed by atoms with Crippen LogP contribution in [0.2, 0.25) is 0 Å². The van der Waals surface area contributed by atoms with Crippen LogP contribution in [0.25, 0.3) is 0 Å². The number of H-pyrrole nitrogens is 1. The Morgan fingerprint density at radius 2 is 2.26 bits per heavy atom. The summed E-state index contributed by atoms with van der Waals surface area (Å²) >= 11 is 0. The zero-order chi connectivity index (χ0) is 13.2. The molecule has 0 spiro atoms. The van der Waals surface area contributed by atoms with Crippen LogP contribution in [0.1, 0.15) is 25.5 Å². The fourth-order valence-corrected chi connectivity index (χ4v) is 3.56. The molecule has 2 heterocycles. The van der Waals surface area contributed by atoms with Crippen molar-refractivity contribution in [1.82, 2.24) is 20.2 Å². The number of piperidine rings is 1. The van der Waals surface area contributed by atoms with Gasteiger partial charge in [-0.1, -0.05) is 6.92 Å². The fourth-order valence-electron chi connectivity index (χ4n) is 2.23. The molecule has 8 heteroatoms. The molecule has 1 unspecified atom stereocenters. The Morgan fingerprint density at radius 3 is 2.79 bits per heavy atom. The normalized spacial score (nSPS) is 23.9. The fraction of sp³-hybridized carbons (Fsp3) is 0.727. The summed E-state index contributed by atoms with van der Waals surface area (Å²) < 4.78 is 26.9. The average Bonchev–Trinajstić information content (AvgIpc) is 2.75. The van der Waals surface area contributed by atoms with E-state index in [1.165, 1.54) is 6.20 Å². The van der Waals surface area contributed by atoms with Crippen molar-refractivity contribution in [2.24, 2.45) is 5.41 Å². The maximum atomic E-state index is 12.1. The number of nitrogens with one attached hydrogen (secondary N) is 3. The van der Waals surface area contributed by atoms with E-state index in [0.717, 1.165) is 25.9 Å². The van der Waals surface area contributed by atoms with Gasteiger partial charge in [0.2, 0.25) is 10.0 Å². The third-order valence-corrected chi connectivity index (χ3v) is 4.96. The summed E-state index contributed by atoms with van der Waals surface area (Å²) in [7, 11) is -3.46. The number of rotatable bonds is 4. The Labute approximate surface area is 120 Å². The minimum atomic E-state index is -3.46. The van der Waals surface area contributed by atoms with Crippen molar-refractivity contribution >= 4 is 22.4 Å². The Morgan fingerprint density at radius 1 is 1.53 bits per heavy atom. The highest BCUT2D eigenvalue weighted by Gasteiger charge is 2.29. The monoisotopic (exact) mass is 308 g/mol. The zero-order valence-electron chi connectivity index (χ0n) is 11.2. The van der Waals surface area contributed by atoms with Crippen LogP contribution in [-0.4, -0.2) is 38.2 Å². The van der Waals surface area contributed by atoms with E-state index in [9.17, 15) is 8.42 Å². The molecule has 1 aromatic rings. The van der Waals surface area contributed by atoms with Crippen LogP contribution in [0.3, 0.4) is 0 Å². The van der Waals surface area contributed by atoms with Crippen LogP contribution in [0, 0.1) is 12.3 Å². The maximum absolute atomic E-state index is 12.1. The van der Waals surface area contributed by atoms with Crippen LogP contribution >= 0.6 is 12.4 Å². The lowest BCUT2D eigenvalue weighted by Crippen LogP contribution is -2.45. The molecule has 0 aromatic carbocycles. The molecular formula is C11H21ClN4O2S. The molecule has 1 fully saturated rings. The highest BCUT2D eigenvalue weighted by molar-refractivity contribution is 7.89. The van der Waals surface area contributed by atoms with Gasteiger partial charge in [0.25, 0.3) is 0 Å². The van der Waals surface area contributed by atoms with Gasteiger partial charge >= 0.3 is 0 Å². The van der Waals surface area contributed by atoms with Crippen molar-refractivity contribution in [1.29, 1.82) is 0 Å². The average molecular weight is 309 g/mol. The number of halogens is 1. The lowest BCUT2D eigenvalue weighted by atomic mass is 9.83. The van der Waals surface area contributed by atoms with E-state index in [4.69, 9.17) is 0 Å².